The van der Waals surface area contributed by atoms with Crippen LogP contribution in [0.15, 0.2) is 84.9 Å². The number of hydrogen-bond acceptors (Lipinski definition) is 4. The first-order valence-corrected chi connectivity index (χ1v) is 15.0. The van der Waals surface area contributed by atoms with Gasteiger partial charge in [-0.2, -0.15) is 0 Å². The van der Waals surface area contributed by atoms with Crippen molar-refractivity contribution in [3.05, 3.63) is 84.9 Å². The maximum Gasteiger partial charge on any atom is 0.130 e. The van der Waals surface area contributed by atoms with Crippen LogP contribution < -0.4 is 29.6 Å². The topological polar surface area (TPSA) is 36.9 Å². The van der Waals surface area contributed by atoms with Gasteiger partial charge in [-0.05, 0) is 72.4 Å². The third-order valence-corrected chi connectivity index (χ3v) is 10.7. The third-order valence-electron chi connectivity index (χ3n) is 7.65. The average Bonchev–Trinajstić information content (AvgIpc) is 3.01. The van der Waals surface area contributed by atoms with Gasteiger partial charge in [0, 0.05) is 0 Å². The number of benzene rings is 4. The Kier molecular flexibility index (Phi) is 8.74. The summed E-state index contributed by atoms with van der Waals surface area (Å²) in [7, 11) is 6.16. The van der Waals surface area contributed by atoms with Gasteiger partial charge in [0.25, 0.3) is 0 Å². The Balaban J connectivity index is 1.91. The van der Waals surface area contributed by atoms with Gasteiger partial charge in [0.2, 0.25) is 0 Å². The van der Waals surface area contributed by atoms with Crippen molar-refractivity contribution < 1.29 is 18.9 Å². The van der Waals surface area contributed by atoms with Gasteiger partial charge in [-0.25, -0.2) is 0 Å². The molecule has 0 saturated heterocycles. The van der Waals surface area contributed by atoms with E-state index >= 15 is 0 Å². The van der Waals surface area contributed by atoms with Crippen LogP contribution in [0.1, 0.15) is 32.1 Å². The van der Waals surface area contributed by atoms with Crippen molar-refractivity contribution in [2.45, 2.75) is 37.8 Å². The molecule has 0 N–H and O–H groups in total. The van der Waals surface area contributed by atoms with Crippen LogP contribution in [0, 0.1) is 0 Å². The lowest BCUT2D eigenvalue weighted by atomic mass is 9.96. The fourth-order valence-electron chi connectivity index (χ4n) is 5.89. The van der Waals surface area contributed by atoms with Crippen LogP contribution in [0.5, 0.6) is 23.0 Å². The van der Waals surface area contributed by atoms with Gasteiger partial charge in [-0.1, -0.05) is 79.9 Å². The second kappa shape index (κ2) is 12.6. The SMILES string of the molecule is COc1cccc(OC)c1-c1cccc(-c2c(OC)cccc2OC)c1P(c1ccccc1)C1CCCCC1. The molecule has 1 atom stereocenters. The minimum absolute atomic E-state index is 0.567. The van der Waals surface area contributed by atoms with Crippen molar-refractivity contribution in [2.24, 2.45) is 0 Å². The maximum atomic E-state index is 5.94. The van der Waals surface area contributed by atoms with Gasteiger partial charge in [-0.15, -0.1) is 0 Å². The zero-order chi connectivity index (χ0) is 27.2. The Morgan fingerprint density at radius 3 is 1.38 bits per heavy atom. The fraction of sp³-hybridized carbons (Fsp3) is 0.294. The second-order valence-electron chi connectivity index (χ2n) is 9.77. The normalized spacial score (nSPS) is 14.5. The molecule has 39 heavy (non-hydrogen) atoms. The van der Waals surface area contributed by atoms with Gasteiger partial charge in [0.15, 0.2) is 0 Å². The molecule has 4 nitrogen and oxygen atoms in total. The maximum absolute atomic E-state index is 5.94. The van der Waals surface area contributed by atoms with Gasteiger partial charge in [-0.3, -0.25) is 0 Å². The lowest BCUT2D eigenvalue weighted by Gasteiger charge is -2.35. The van der Waals surface area contributed by atoms with E-state index in [4.69, 9.17) is 18.9 Å². The van der Waals surface area contributed by atoms with Crippen molar-refractivity contribution in [1.82, 2.24) is 0 Å². The highest BCUT2D eigenvalue weighted by Gasteiger charge is 2.33. The lowest BCUT2D eigenvalue weighted by molar-refractivity contribution is 0.397. The molecule has 4 aromatic rings. The minimum Gasteiger partial charge on any atom is -0.496 e. The van der Waals surface area contributed by atoms with E-state index in [1.54, 1.807) is 28.4 Å². The molecule has 202 valence electrons. The first-order valence-electron chi connectivity index (χ1n) is 13.6. The molecule has 0 bridgehead atoms. The third kappa shape index (κ3) is 5.36. The Labute approximate surface area is 233 Å². The van der Waals surface area contributed by atoms with Gasteiger partial charge >= 0.3 is 0 Å². The molecule has 1 saturated carbocycles. The molecule has 5 heteroatoms. The van der Waals surface area contributed by atoms with Crippen molar-refractivity contribution in [1.29, 1.82) is 0 Å². The predicted molar refractivity (Wildman–Crippen MR) is 163 cm³/mol. The van der Waals surface area contributed by atoms with Gasteiger partial charge in [0.05, 0.1) is 39.6 Å². The number of rotatable bonds is 9. The molecule has 0 spiro atoms. The van der Waals surface area contributed by atoms with Gasteiger partial charge < -0.3 is 18.9 Å². The predicted octanol–water partition coefficient (Wildman–Crippen LogP) is 7.82. The number of ether oxygens (including phenoxy) is 4. The van der Waals surface area contributed by atoms with E-state index in [2.05, 4.69) is 48.5 Å². The van der Waals surface area contributed by atoms with E-state index in [0.29, 0.717) is 5.66 Å². The molecule has 4 aromatic carbocycles. The highest BCUT2D eigenvalue weighted by atomic mass is 31.1. The summed E-state index contributed by atoms with van der Waals surface area (Å²) in [6.45, 7) is 0. The van der Waals surface area contributed by atoms with Crippen molar-refractivity contribution >= 4 is 18.5 Å². The molecular formula is C34H37O4P. The van der Waals surface area contributed by atoms with Crippen LogP contribution in [0.2, 0.25) is 0 Å². The van der Waals surface area contributed by atoms with E-state index in [1.165, 1.54) is 42.7 Å². The standard InChI is InChI=1S/C34H37O4P/c1-35-28-20-12-21-29(36-2)32(28)26-18-11-19-27(33-30(37-3)22-13-23-31(33)38-4)34(26)39(24-14-7-5-8-15-24)25-16-9-6-10-17-25/h5,7-8,11-15,18-23,25H,6,9-10,16-17H2,1-4H3. The molecule has 0 heterocycles. The van der Waals surface area contributed by atoms with Crippen LogP contribution in [0.4, 0.5) is 0 Å². The molecular weight excluding hydrogens is 503 g/mol. The highest BCUT2D eigenvalue weighted by Crippen LogP contribution is 2.53. The summed E-state index contributed by atoms with van der Waals surface area (Å²) in [4.78, 5) is 0. The smallest absolute Gasteiger partial charge is 0.130 e. The monoisotopic (exact) mass is 540 g/mol. The first-order chi connectivity index (χ1) is 19.2. The van der Waals surface area contributed by atoms with E-state index in [9.17, 15) is 0 Å². The average molecular weight is 541 g/mol. The Morgan fingerprint density at radius 2 is 0.949 bits per heavy atom. The summed E-state index contributed by atoms with van der Waals surface area (Å²) in [5.74, 6) is 3.19. The van der Waals surface area contributed by atoms with Crippen molar-refractivity contribution in [3.63, 3.8) is 0 Å². The summed E-state index contributed by atoms with van der Waals surface area (Å²) >= 11 is 0. The number of hydrogen-bond donors (Lipinski definition) is 0. The van der Waals surface area contributed by atoms with Crippen LogP contribution in [0.25, 0.3) is 22.3 Å². The highest BCUT2D eigenvalue weighted by molar-refractivity contribution is 7.74. The van der Waals surface area contributed by atoms with Gasteiger partial charge in [0.1, 0.15) is 23.0 Å². The van der Waals surface area contributed by atoms with E-state index in [1.807, 2.05) is 36.4 Å². The van der Waals surface area contributed by atoms with E-state index < -0.39 is 7.92 Å². The molecule has 0 aliphatic heterocycles. The summed E-state index contributed by atoms with van der Waals surface area (Å²) in [6, 6.07) is 29.7. The van der Waals surface area contributed by atoms with Crippen molar-refractivity contribution in [2.75, 3.05) is 28.4 Å². The molecule has 0 aromatic heterocycles. The van der Waals surface area contributed by atoms with E-state index in [-0.39, 0.29) is 0 Å². The zero-order valence-electron chi connectivity index (χ0n) is 23.3. The summed E-state index contributed by atoms with van der Waals surface area (Å²) in [5, 5.41) is 2.70. The summed E-state index contributed by atoms with van der Waals surface area (Å²) in [6.07, 6.45) is 6.29. The molecule has 1 aliphatic carbocycles. The van der Waals surface area contributed by atoms with Crippen LogP contribution in [-0.2, 0) is 0 Å². The van der Waals surface area contributed by atoms with Crippen LogP contribution in [-0.4, -0.2) is 34.1 Å². The molecule has 0 amide bonds. The Bertz CT molecular complexity index is 1280. The zero-order valence-corrected chi connectivity index (χ0v) is 24.2. The van der Waals surface area contributed by atoms with Crippen molar-refractivity contribution in [3.8, 4) is 45.3 Å². The quantitative estimate of drug-likeness (QED) is 0.203. The largest absolute Gasteiger partial charge is 0.496 e. The molecule has 0 radical (unpaired) electrons. The lowest BCUT2D eigenvalue weighted by Crippen LogP contribution is -2.26. The second-order valence-corrected chi connectivity index (χ2v) is 12.2. The Morgan fingerprint density at radius 1 is 0.513 bits per heavy atom. The number of methoxy groups -OCH3 is 4. The summed E-state index contributed by atoms with van der Waals surface area (Å²) in [5.41, 5.74) is 4.79. The first kappa shape index (κ1) is 27.1. The summed E-state index contributed by atoms with van der Waals surface area (Å²) < 4.78 is 23.8. The molecule has 1 fully saturated rings. The Hall–Kier alpha value is -3.49. The minimum atomic E-state index is -0.750. The van der Waals surface area contributed by atoms with E-state index in [0.717, 1.165) is 45.3 Å². The molecule has 5 rings (SSSR count). The fourth-order valence-corrected chi connectivity index (χ4v) is 9.20. The van der Waals surface area contributed by atoms with Crippen LogP contribution in [0.3, 0.4) is 0 Å². The molecule has 1 aliphatic rings. The van der Waals surface area contributed by atoms with Crippen LogP contribution >= 0.6 is 7.92 Å². The molecule has 1 unspecified atom stereocenters.